The molecule has 2 atom stereocenters. The van der Waals surface area contributed by atoms with Crippen molar-refractivity contribution in [2.24, 2.45) is 11.7 Å². The van der Waals surface area contributed by atoms with Crippen LogP contribution in [0.3, 0.4) is 0 Å². The van der Waals surface area contributed by atoms with Gasteiger partial charge in [-0.1, -0.05) is 25.8 Å². The third-order valence-electron chi connectivity index (χ3n) is 4.87. The van der Waals surface area contributed by atoms with E-state index in [-0.39, 0.29) is 5.54 Å². The number of aromatic nitrogens is 1. The molecule has 1 aromatic rings. The summed E-state index contributed by atoms with van der Waals surface area (Å²) in [5.74, 6) is 0.729. The predicted molar refractivity (Wildman–Crippen MR) is 79.9 cm³/mol. The second-order valence-electron chi connectivity index (χ2n) is 5.93. The molecule has 1 fully saturated rings. The molecule has 2 rings (SSSR count). The first-order valence-electron chi connectivity index (χ1n) is 7.46. The smallest absolute Gasteiger partial charge is 0.0547 e. The Morgan fingerprint density at radius 1 is 1.47 bits per heavy atom. The molecule has 1 saturated carbocycles. The largest absolute Gasteiger partial charge is 0.329 e. The lowest BCUT2D eigenvalue weighted by Gasteiger charge is -2.42. The van der Waals surface area contributed by atoms with Crippen LogP contribution >= 0.6 is 0 Å². The first-order chi connectivity index (χ1) is 9.12. The van der Waals surface area contributed by atoms with Crippen molar-refractivity contribution in [1.29, 1.82) is 0 Å². The molecule has 2 unspecified atom stereocenters. The number of hydrogen-bond acceptors (Lipinski definition) is 3. The van der Waals surface area contributed by atoms with Crippen LogP contribution in [0, 0.1) is 12.8 Å². The fourth-order valence-electron chi connectivity index (χ4n) is 3.73. The van der Waals surface area contributed by atoms with E-state index >= 15 is 0 Å². The van der Waals surface area contributed by atoms with Gasteiger partial charge in [-0.25, -0.2) is 0 Å². The third kappa shape index (κ3) is 2.82. The summed E-state index contributed by atoms with van der Waals surface area (Å²) in [7, 11) is 2.21. The normalized spacial score (nSPS) is 27.1. The molecule has 0 bridgehead atoms. The van der Waals surface area contributed by atoms with Crippen LogP contribution in [-0.2, 0) is 6.54 Å². The number of likely N-dealkylation sites (N-methyl/N-ethyl adjacent to an activating group) is 1. The Labute approximate surface area is 117 Å². The summed E-state index contributed by atoms with van der Waals surface area (Å²) in [4.78, 5) is 7.07. The summed E-state index contributed by atoms with van der Waals surface area (Å²) in [6.07, 6.45) is 5.08. The topological polar surface area (TPSA) is 42.1 Å². The van der Waals surface area contributed by atoms with E-state index in [1.807, 2.05) is 13.0 Å². The van der Waals surface area contributed by atoms with Crippen molar-refractivity contribution in [3.05, 3.63) is 29.6 Å². The molecule has 1 aliphatic rings. The number of rotatable bonds is 5. The fourth-order valence-corrected chi connectivity index (χ4v) is 3.73. The van der Waals surface area contributed by atoms with E-state index in [2.05, 4.69) is 36.0 Å². The maximum atomic E-state index is 6.16. The van der Waals surface area contributed by atoms with Gasteiger partial charge >= 0.3 is 0 Å². The van der Waals surface area contributed by atoms with Gasteiger partial charge in [0.2, 0.25) is 0 Å². The molecule has 3 nitrogen and oxygen atoms in total. The zero-order valence-corrected chi connectivity index (χ0v) is 12.5. The first kappa shape index (κ1) is 14.5. The molecule has 2 N–H and O–H groups in total. The van der Waals surface area contributed by atoms with Crippen molar-refractivity contribution in [1.82, 2.24) is 9.88 Å². The highest BCUT2D eigenvalue weighted by molar-refractivity contribution is 5.11. The third-order valence-corrected chi connectivity index (χ3v) is 4.87. The Morgan fingerprint density at radius 3 is 2.89 bits per heavy atom. The van der Waals surface area contributed by atoms with Crippen LogP contribution < -0.4 is 5.73 Å². The molecule has 0 spiro atoms. The van der Waals surface area contributed by atoms with Crippen molar-refractivity contribution in [2.75, 3.05) is 13.6 Å². The minimum absolute atomic E-state index is 0.181. The average Bonchev–Trinajstić information content (AvgIpc) is 2.82. The number of hydrogen-bond donors (Lipinski definition) is 1. The van der Waals surface area contributed by atoms with E-state index in [1.54, 1.807) is 0 Å². The summed E-state index contributed by atoms with van der Waals surface area (Å²) in [5.41, 5.74) is 8.58. The van der Waals surface area contributed by atoms with Crippen molar-refractivity contribution < 1.29 is 0 Å². The van der Waals surface area contributed by atoms with E-state index in [4.69, 9.17) is 5.73 Å². The van der Waals surface area contributed by atoms with E-state index in [0.29, 0.717) is 0 Å². The highest BCUT2D eigenvalue weighted by Gasteiger charge is 2.43. The van der Waals surface area contributed by atoms with Gasteiger partial charge in [-0.2, -0.15) is 0 Å². The molecule has 1 heterocycles. The Morgan fingerprint density at radius 2 is 2.26 bits per heavy atom. The molecule has 0 amide bonds. The minimum Gasteiger partial charge on any atom is -0.329 e. The van der Waals surface area contributed by atoms with Crippen molar-refractivity contribution in [3.63, 3.8) is 0 Å². The van der Waals surface area contributed by atoms with Crippen LogP contribution in [0.25, 0.3) is 0 Å². The summed E-state index contributed by atoms with van der Waals surface area (Å²) >= 11 is 0. The fraction of sp³-hybridized carbons (Fsp3) is 0.688. The number of nitrogens with zero attached hydrogens (tertiary/aromatic N) is 2. The molecule has 106 valence electrons. The van der Waals surface area contributed by atoms with E-state index < -0.39 is 0 Å². The summed E-state index contributed by atoms with van der Waals surface area (Å²) in [6, 6.07) is 6.25. The summed E-state index contributed by atoms with van der Waals surface area (Å²) in [5, 5.41) is 0. The van der Waals surface area contributed by atoms with Crippen LogP contribution in [-0.4, -0.2) is 29.0 Å². The van der Waals surface area contributed by atoms with Crippen LogP contribution in [0.1, 0.15) is 44.0 Å². The SMILES string of the molecule is CCC1CCCC1(CN)N(C)Cc1cccc(C)n1. The molecule has 19 heavy (non-hydrogen) atoms. The quantitative estimate of drug-likeness (QED) is 0.886. The monoisotopic (exact) mass is 261 g/mol. The van der Waals surface area contributed by atoms with Crippen LogP contribution in [0.4, 0.5) is 0 Å². The lowest BCUT2D eigenvalue weighted by Crippen LogP contribution is -2.54. The maximum Gasteiger partial charge on any atom is 0.0547 e. The number of aryl methyl sites for hydroxylation is 1. The van der Waals surface area contributed by atoms with Crippen molar-refractivity contribution in [3.8, 4) is 0 Å². The molecule has 0 radical (unpaired) electrons. The molecule has 1 aromatic heterocycles. The van der Waals surface area contributed by atoms with Crippen molar-refractivity contribution >= 4 is 0 Å². The minimum atomic E-state index is 0.181. The highest BCUT2D eigenvalue weighted by Crippen LogP contribution is 2.41. The first-order valence-corrected chi connectivity index (χ1v) is 7.46. The second-order valence-corrected chi connectivity index (χ2v) is 5.93. The van der Waals surface area contributed by atoms with Gasteiger partial charge in [0.05, 0.1) is 5.69 Å². The molecular weight excluding hydrogens is 234 g/mol. The van der Waals surface area contributed by atoms with Gasteiger partial charge in [0.15, 0.2) is 0 Å². The van der Waals surface area contributed by atoms with Crippen molar-refractivity contribution in [2.45, 2.75) is 51.6 Å². The lowest BCUT2D eigenvalue weighted by atomic mass is 9.83. The van der Waals surface area contributed by atoms with Crippen LogP contribution in [0.15, 0.2) is 18.2 Å². The molecule has 0 saturated heterocycles. The zero-order chi connectivity index (χ0) is 13.9. The predicted octanol–water partition coefficient (Wildman–Crippen LogP) is 2.73. The average molecular weight is 261 g/mol. The Hall–Kier alpha value is -0.930. The molecule has 0 aromatic carbocycles. The summed E-state index contributed by atoms with van der Waals surface area (Å²) in [6.45, 7) is 6.00. The molecule has 1 aliphatic carbocycles. The number of pyridine rings is 1. The highest BCUT2D eigenvalue weighted by atomic mass is 15.2. The van der Waals surface area contributed by atoms with Crippen LogP contribution in [0.2, 0.25) is 0 Å². The molecule has 3 heteroatoms. The Kier molecular flexibility index (Phi) is 4.58. The van der Waals surface area contributed by atoms with Gasteiger partial charge in [0.1, 0.15) is 0 Å². The summed E-state index contributed by atoms with van der Waals surface area (Å²) < 4.78 is 0. The van der Waals surface area contributed by atoms with E-state index in [0.717, 1.165) is 30.4 Å². The standard InChI is InChI=1S/C16H27N3/c1-4-14-8-6-10-16(14,12-17)19(3)11-15-9-5-7-13(2)18-15/h5,7,9,14H,4,6,8,10-12,17H2,1-3H3. The van der Waals surface area contributed by atoms with Gasteiger partial charge in [-0.15, -0.1) is 0 Å². The maximum absolute atomic E-state index is 6.16. The van der Waals surface area contributed by atoms with Gasteiger partial charge in [0.25, 0.3) is 0 Å². The van der Waals surface area contributed by atoms with Gasteiger partial charge < -0.3 is 5.73 Å². The Bertz CT molecular complexity index is 418. The zero-order valence-electron chi connectivity index (χ0n) is 12.5. The Balaban J connectivity index is 2.15. The number of nitrogens with two attached hydrogens (primary N) is 1. The van der Waals surface area contributed by atoms with Crippen LogP contribution in [0.5, 0.6) is 0 Å². The van der Waals surface area contributed by atoms with Gasteiger partial charge in [-0.05, 0) is 44.9 Å². The molecule has 0 aliphatic heterocycles. The molecular formula is C16H27N3. The van der Waals surface area contributed by atoms with E-state index in [1.165, 1.54) is 25.7 Å². The van der Waals surface area contributed by atoms with E-state index in [9.17, 15) is 0 Å². The second kappa shape index (κ2) is 6.02. The van der Waals surface area contributed by atoms with Gasteiger partial charge in [0, 0.05) is 24.3 Å². The lowest BCUT2D eigenvalue weighted by molar-refractivity contribution is 0.0735. The van der Waals surface area contributed by atoms with Gasteiger partial charge in [-0.3, -0.25) is 9.88 Å².